The van der Waals surface area contributed by atoms with E-state index >= 15 is 0 Å². The Morgan fingerprint density at radius 1 is 1.08 bits per heavy atom. The molecular formula is C21H23N3O2. The lowest BCUT2D eigenvalue weighted by Crippen LogP contribution is -2.48. The van der Waals surface area contributed by atoms with Crippen LogP contribution >= 0.6 is 0 Å². The van der Waals surface area contributed by atoms with Crippen molar-refractivity contribution < 1.29 is 9.53 Å². The summed E-state index contributed by atoms with van der Waals surface area (Å²) in [6.07, 6.45) is 0.425. The summed E-state index contributed by atoms with van der Waals surface area (Å²) in [6.45, 7) is 4.01. The zero-order valence-corrected chi connectivity index (χ0v) is 15.0. The summed E-state index contributed by atoms with van der Waals surface area (Å²) in [4.78, 5) is 16.8. The van der Waals surface area contributed by atoms with Gasteiger partial charge in [0, 0.05) is 32.7 Å². The first-order chi connectivity index (χ1) is 12.7. The second-order valence-electron chi connectivity index (χ2n) is 6.49. The van der Waals surface area contributed by atoms with Crippen LogP contribution in [0.25, 0.3) is 0 Å². The molecule has 0 saturated carbocycles. The van der Waals surface area contributed by atoms with Crippen LogP contribution in [-0.2, 0) is 17.8 Å². The zero-order chi connectivity index (χ0) is 18.4. The molecule has 134 valence electrons. The first-order valence-corrected chi connectivity index (χ1v) is 8.80. The zero-order valence-electron chi connectivity index (χ0n) is 15.0. The molecule has 0 unspecified atom stereocenters. The number of nitrogens with zero attached hydrogens (tertiary/aromatic N) is 3. The number of nitriles is 1. The number of ether oxygens (including phenoxy) is 1. The van der Waals surface area contributed by atoms with Gasteiger partial charge in [0.1, 0.15) is 5.75 Å². The number of hydrogen-bond donors (Lipinski definition) is 0. The molecule has 2 aromatic rings. The highest BCUT2D eigenvalue weighted by Crippen LogP contribution is 2.14. The lowest BCUT2D eigenvalue weighted by Gasteiger charge is -2.35. The summed E-state index contributed by atoms with van der Waals surface area (Å²) in [7, 11) is 1.64. The molecule has 0 aliphatic carbocycles. The molecule has 0 N–H and O–H groups in total. The quantitative estimate of drug-likeness (QED) is 0.832. The molecule has 0 atom stereocenters. The highest BCUT2D eigenvalue weighted by Gasteiger charge is 2.21. The topological polar surface area (TPSA) is 56.6 Å². The molecular weight excluding hydrogens is 326 g/mol. The molecule has 1 saturated heterocycles. The van der Waals surface area contributed by atoms with Crippen LogP contribution in [0.2, 0.25) is 0 Å². The third kappa shape index (κ3) is 4.62. The van der Waals surface area contributed by atoms with Gasteiger partial charge in [-0.1, -0.05) is 24.3 Å². The molecule has 1 fully saturated rings. The lowest BCUT2D eigenvalue weighted by atomic mass is 10.1. The minimum Gasteiger partial charge on any atom is -0.497 e. The van der Waals surface area contributed by atoms with Crippen LogP contribution in [0.5, 0.6) is 5.75 Å². The smallest absolute Gasteiger partial charge is 0.227 e. The van der Waals surface area contributed by atoms with Crippen LogP contribution in [0, 0.1) is 11.3 Å². The van der Waals surface area contributed by atoms with Gasteiger partial charge < -0.3 is 9.64 Å². The van der Waals surface area contributed by atoms with E-state index in [0.717, 1.165) is 49.6 Å². The van der Waals surface area contributed by atoms with Crippen LogP contribution in [0.3, 0.4) is 0 Å². The summed E-state index contributed by atoms with van der Waals surface area (Å²) >= 11 is 0. The van der Waals surface area contributed by atoms with Crippen molar-refractivity contribution in [1.29, 1.82) is 5.26 Å². The van der Waals surface area contributed by atoms with Crippen molar-refractivity contribution >= 4 is 5.91 Å². The third-order valence-corrected chi connectivity index (χ3v) is 4.70. The minimum atomic E-state index is 0.168. The molecule has 0 bridgehead atoms. The van der Waals surface area contributed by atoms with E-state index in [1.807, 2.05) is 53.4 Å². The molecule has 0 aromatic heterocycles. The molecule has 26 heavy (non-hydrogen) atoms. The summed E-state index contributed by atoms with van der Waals surface area (Å²) in [5.74, 6) is 0.969. The Bertz CT molecular complexity index is 788. The standard InChI is InChI=1S/C21H23N3O2/c1-26-20-7-5-17(6-8-20)14-21(25)24-11-9-23(10-12-24)16-19-4-2-3-18(13-19)15-22/h2-8,13H,9-12,14,16H2,1H3. The van der Waals surface area contributed by atoms with Gasteiger partial charge in [-0.15, -0.1) is 0 Å². The molecule has 1 heterocycles. The highest BCUT2D eigenvalue weighted by atomic mass is 16.5. The predicted octanol–water partition coefficient (Wildman–Crippen LogP) is 2.45. The van der Waals surface area contributed by atoms with E-state index in [-0.39, 0.29) is 5.91 Å². The van der Waals surface area contributed by atoms with Crippen molar-refractivity contribution in [3.05, 3.63) is 65.2 Å². The highest BCUT2D eigenvalue weighted by molar-refractivity contribution is 5.79. The van der Waals surface area contributed by atoms with Crippen molar-refractivity contribution in [2.75, 3.05) is 33.3 Å². The van der Waals surface area contributed by atoms with Gasteiger partial charge in [-0.2, -0.15) is 5.26 Å². The average molecular weight is 349 g/mol. The number of carbonyl (C=O) groups is 1. The first-order valence-electron chi connectivity index (χ1n) is 8.80. The van der Waals surface area contributed by atoms with Gasteiger partial charge in [0.2, 0.25) is 5.91 Å². The number of amides is 1. The number of benzene rings is 2. The van der Waals surface area contributed by atoms with Crippen LogP contribution in [0.15, 0.2) is 48.5 Å². The SMILES string of the molecule is COc1ccc(CC(=O)N2CCN(Cc3cccc(C#N)c3)CC2)cc1. The maximum Gasteiger partial charge on any atom is 0.227 e. The Morgan fingerprint density at radius 2 is 1.81 bits per heavy atom. The van der Waals surface area contributed by atoms with E-state index in [1.54, 1.807) is 7.11 Å². The number of hydrogen-bond acceptors (Lipinski definition) is 4. The monoisotopic (exact) mass is 349 g/mol. The van der Waals surface area contributed by atoms with Crippen LogP contribution in [0.1, 0.15) is 16.7 Å². The van der Waals surface area contributed by atoms with Crippen molar-refractivity contribution in [3.8, 4) is 11.8 Å². The van der Waals surface area contributed by atoms with Crippen LogP contribution < -0.4 is 4.74 Å². The molecule has 5 nitrogen and oxygen atoms in total. The maximum absolute atomic E-state index is 12.5. The minimum absolute atomic E-state index is 0.168. The Hall–Kier alpha value is -2.84. The largest absolute Gasteiger partial charge is 0.497 e. The number of carbonyl (C=O) groups excluding carboxylic acids is 1. The van der Waals surface area contributed by atoms with E-state index in [0.29, 0.717) is 12.0 Å². The summed E-state index contributed by atoms with van der Waals surface area (Å²) < 4.78 is 5.15. The first kappa shape index (κ1) is 18.0. The summed E-state index contributed by atoms with van der Waals surface area (Å²) in [6, 6.07) is 17.5. The van der Waals surface area contributed by atoms with E-state index in [2.05, 4.69) is 11.0 Å². The van der Waals surface area contributed by atoms with Gasteiger partial charge in [-0.05, 0) is 35.4 Å². The normalized spacial score (nSPS) is 14.7. The van der Waals surface area contributed by atoms with Gasteiger partial charge in [0.05, 0.1) is 25.2 Å². The molecule has 3 rings (SSSR count). The Labute approximate surface area is 154 Å². The Kier molecular flexibility index (Phi) is 5.88. The van der Waals surface area contributed by atoms with Crippen molar-refractivity contribution in [2.24, 2.45) is 0 Å². The van der Waals surface area contributed by atoms with Crippen LogP contribution in [-0.4, -0.2) is 49.0 Å². The number of rotatable bonds is 5. The fourth-order valence-electron chi connectivity index (χ4n) is 3.18. The van der Waals surface area contributed by atoms with E-state index in [4.69, 9.17) is 10.00 Å². The maximum atomic E-state index is 12.5. The number of piperazine rings is 1. The van der Waals surface area contributed by atoms with E-state index in [1.165, 1.54) is 0 Å². The molecule has 0 radical (unpaired) electrons. The van der Waals surface area contributed by atoms with Crippen molar-refractivity contribution in [3.63, 3.8) is 0 Å². The third-order valence-electron chi connectivity index (χ3n) is 4.70. The van der Waals surface area contributed by atoms with Gasteiger partial charge >= 0.3 is 0 Å². The van der Waals surface area contributed by atoms with Gasteiger partial charge in [0.15, 0.2) is 0 Å². The van der Waals surface area contributed by atoms with Gasteiger partial charge in [0.25, 0.3) is 0 Å². The Balaban J connectivity index is 1.49. The second-order valence-corrected chi connectivity index (χ2v) is 6.49. The Morgan fingerprint density at radius 3 is 2.46 bits per heavy atom. The summed E-state index contributed by atoms with van der Waals surface area (Å²) in [5.41, 5.74) is 2.84. The van der Waals surface area contributed by atoms with Crippen molar-refractivity contribution in [2.45, 2.75) is 13.0 Å². The summed E-state index contributed by atoms with van der Waals surface area (Å²) in [5, 5.41) is 9.00. The average Bonchev–Trinajstić information content (AvgIpc) is 2.69. The van der Waals surface area contributed by atoms with Gasteiger partial charge in [-0.3, -0.25) is 9.69 Å². The molecule has 2 aromatic carbocycles. The number of methoxy groups -OCH3 is 1. The van der Waals surface area contributed by atoms with Crippen LogP contribution in [0.4, 0.5) is 0 Å². The molecule has 1 aliphatic rings. The molecule has 1 aliphatic heterocycles. The van der Waals surface area contributed by atoms with E-state index < -0.39 is 0 Å². The molecule has 0 spiro atoms. The van der Waals surface area contributed by atoms with Gasteiger partial charge in [-0.25, -0.2) is 0 Å². The van der Waals surface area contributed by atoms with E-state index in [9.17, 15) is 4.79 Å². The fourth-order valence-corrected chi connectivity index (χ4v) is 3.18. The molecule has 1 amide bonds. The second kappa shape index (κ2) is 8.50. The lowest BCUT2D eigenvalue weighted by molar-refractivity contribution is -0.132. The van der Waals surface area contributed by atoms with Crippen molar-refractivity contribution in [1.82, 2.24) is 9.80 Å². The molecule has 5 heteroatoms. The predicted molar refractivity (Wildman–Crippen MR) is 99.7 cm³/mol. The fraction of sp³-hybridized carbons (Fsp3) is 0.333.